The zero-order valence-corrected chi connectivity index (χ0v) is 15.5. The second-order valence-corrected chi connectivity index (χ2v) is 7.88. The molecule has 0 atom stereocenters. The Morgan fingerprint density at radius 2 is 2.00 bits per heavy atom. The normalized spacial score (nSPS) is 23.4. The van der Waals surface area contributed by atoms with Gasteiger partial charge in [-0.2, -0.15) is 0 Å². The molecule has 0 unspecified atom stereocenters. The van der Waals surface area contributed by atoms with E-state index in [0.29, 0.717) is 12.1 Å². The van der Waals surface area contributed by atoms with Crippen molar-refractivity contribution in [2.75, 3.05) is 38.6 Å². The maximum Gasteiger partial charge on any atom is 0.0452 e. The van der Waals surface area contributed by atoms with Gasteiger partial charge < -0.3 is 15.1 Å². The van der Waals surface area contributed by atoms with Gasteiger partial charge in [-0.15, -0.1) is 0 Å². The minimum Gasteiger partial charge on any atom is -0.368 e. The quantitative estimate of drug-likeness (QED) is 0.908. The van der Waals surface area contributed by atoms with E-state index in [4.69, 9.17) is 0 Å². The third kappa shape index (κ3) is 3.51. The second kappa shape index (κ2) is 7.30. The molecular formula is C21H30N4. The van der Waals surface area contributed by atoms with Crippen LogP contribution in [0.2, 0.25) is 0 Å². The minimum absolute atomic E-state index is 0.693. The van der Waals surface area contributed by atoms with Gasteiger partial charge in [0.1, 0.15) is 0 Å². The Morgan fingerprint density at radius 3 is 2.80 bits per heavy atom. The molecule has 0 radical (unpaired) electrons. The van der Waals surface area contributed by atoms with Gasteiger partial charge >= 0.3 is 0 Å². The first-order valence-corrected chi connectivity index (χ1v) is 9.73. The van der Waals surface area contributed by atoms with Crippen molar-refractivity contribution in [2.45, 2.75) is 44.2 Å². The fourth-order valence-electron chi connectivity index (χ4n) is 4.54. The summed E-state index contributed by atoms with van der Waals surface area (Å²) in [6, 6.07) is 8.10. The molecule has 1 aliphatic carbocycles. The summed E-state index contributed by atoms with van der Waals surface area (Å²) in [5, 5.41) is 6.47. The lowest BCUT2D eigenvalue weighted by atomic mass is 9.88. The van der Waals surface area contributed by atoms with Crippen molar-refractivity contribution in [1.82, 2.24) is 15.2 Å². The number of hydrogen-bond donors (Lipinski definition) is 1. The van der Waals surface area contributed by atoms with Gasteiger partial charge in [0.2, 0.25) is 0 Å². The van der Waals surface area contributed by atoms with Crippen molar-refractivity contribution in [3.05, 3.63) is 36.2 Å². The first-order valence-electron chi connectivity index (χ1n) is 9.73. The summed E-state index contributed by atoms with van der Waals surface area (Å²) in [6.07, 6.45) is 10.4. The van der Waals surface area contributed by atoms with Gasteiger partial charge in [0.25, 0.3) is 0 Å². The van der Waals surface area contributed by atoms with Crippen LogP contribution in [-0.2, 0) is 6.42 Å². The lowest BCUT2D eigenvalue weighted by molar-refractivity contribution is 0.314. The molecule has 1 N–H and O–H groups in total. The van der Waals surface area contributed by atoms with Crippen LogP contribution >= 0.6 is 0 Å². The van der Waals surface area contributed by atoms with Crippen molar-refractivity contribution >= 4 is 16.5 Å². The van der Waals surface area contributed by atoms with Gasteiger partial charge in [0.05, 0.1) is 0 Å². The molecular weight excluding hydrogens is 308 g/mol. The molecule has 25 heavy (non-hydrogen) atoms. The molecule has 2 aliphatic rings. The second-order valence-electron chi connectivity index (χ2n) is 7.88. The smallest absolute Gasteiger partial charge is 0.0452 e. The number of hydrogen-bond acceptors (Lipinski definition) is 4. The molecule has 1 fully saturated rings. The minimum atomic E-state index is 0.693. The number of rotatable bonds is 5. The summed E-state index contributed by atoms with van der Waals surface area (Å²) in [7, 11) is 4.28. The van der Waals surface area contributed by atoms with E-state index in [1.54, 1.807) is 0 Å². The monoisotopic (exact) mass is 338 g/mol. The van der Waals surface area contributed by atoms with E-state index in [0.717, 1.165) is 26.1 Å². The summed E-state index contributed by atoms with van der Waals surface area (Å²) in [4.78, 5) is 9.35. The van der Waals surface area contributed by atoms with Gasteiger partial charge in [-0.1, -0.05) is 12.1 Å². The highest BCUT2D eigenvalue weighted by Gasteiger charge is 2.29. The Balaban J connectivity index is 1.43. The Labute approximate surface area is 151 Å². The van der Waals surface area contributed by atoms with Crippen LogP contribution in [0.1, 0.15) is 31.2 Å². The lowest BCUT2D eigenvalue weighted by Gasteiger charge is -2.41. The van der Waals surface area contributed by atoms with Crippen LogP contribution in [0.3, 0.4) is 0 Å². The van der Waals surface area contributed by atoms with E-state index in [2.05, 4.69) is 58.6 Å². The van der Waals surface area contributed by atoms with E-state index in [-0.39, 0.29) is 0 Å². The summed E-state index contributed by atoms with van der Waals surface area (Å²) in [5.74, 6) is 0. The van der Waals surface area contributed by atoms with Crippen LogP contribution in [0.5, 0.6) is 0 Å². The zero-order valence-electron chi connectivity index (χ0n) is 15.5. The molecule has 1 saturated carbocycles. The highest BCUT2D eigenvalue weighted by atomic mass is 15.2. The van der Waals surface area contributed by atoms with E-state index < -0.39 is 0 Å². The molecule has 1 aromatic carbocycles. The van der Waals surface area contributed by atoms with Crippen molar-refractivity contribution in [1.29, 1.82) is 0 Å². The number of aromatic nitrogens is 1. The molecule has 134 valence electrons. The molecule has 1 aromatic heterocycles. The molecule has 0 amide bonds. The van der Waals surface area contributed by atoms with Crippen molar-refractivity contribution < 1.29 is 0 Å². The number of nitrogens with zero attached hydrogens (tertiary/aromatic N) is 3. The number of benzene rings is 1. The number of likely N-dealkylation sites (N-methyl/N-ethyl adjacent to an activating group) is 1. The van der Waals surface area contributed by atoms with Gasteiger partial charge in [-0.25, -0.2) is 0 Å². The molecule has 2 aromatic rings. The topological polar surface area (TPSA) is 31.4 Å². The highest BCUT2D eigenvalue weighted by Crippen LogP contribution is 2.37. The number of nitrogens with one attached hydrogen (secondary N) is 1. The third-order valence-corrected chi connectivity index (χ3v) is 5.90. The highest BCUT2D eigenvalue weighted by molar-refractivity contribution is 5.97. The molecule has 0 spiro atoms. The Hall–Kier alpha value is -1.65. The van der Waals surface area contributed by atoms with E-state index >= 15 is 0 Å². The van der Waals surface area contributed by atoms with E-state index in [9.17, 15) is 0 Å². The van der Waals surface area contributed by atoms with Crippen LogP contribution in [0, 0.1) is 0 Å². The lowest BCUT2D eigenvalue weighted by Crippen LogP contribution is -2.45. The van der Waals surface area contributed by atoms with Crippen LogP contribution in [0.15, 0.2) is 30.6 Å². The number of anilines is 1. The Kier molecular flexibility index (Phi) is 4.91. The number of pyridine rings is 1. The van der Waals surface area contributed by atoms with E-state index in [1.807, 2.05) is 6.20 Å². The average Bonchev–Trinajstić information content (AvgIpc) is 2.63. The fourth-order valence-corrected chi connectivity index (χ4v) is 4.54. The molecule has 2 heterocycles. The predicted octanol–water partition coefficient (Wildman–Crippen LogP) is 3.06. The largest absolute Gasteiger partial charge is 0.368 e. The van der Waals surface area contributed by atoms with E-state index in [1.165, 1.54) is 47.7 Å². The summed E-state index contributed by atoms with van der Waals surface area (Å²) in [5.41, 5.74) is 2.86. The zero-order chi connectivity index (χ0) is 17.2. The molecule has 1 aliphatic heterocycles. The predicted molar refractivity (Wildman–Crippen MR) is 105 cm³/mol. The average molecular weight is 338 g/mol. The molecule has 0 saturated heterocycles. The van der Waals surface area contributed by atoms with Gasteiger partial charge in [-0.3, -0.25) is 4.98 Å². The maximum atomic E-state index is 4.42. The van der Waals surface area contributed by atoms with Gasteiger partial charge in [-0.05, 0) is 57.8 Å². The van der Waals surface area contributed by atoms with Gasteiger partial charge in [0, 0.05) is 60.6 Å². The summed E-state index contributed by atoms with van der Waals surface area (Å²) in [6.45, 7) is 3.37. The van der Waals surface area contributed by atoms with Crippen molar-refractivity contribution in [3.63, 3.8) is 0 Å². The Bertz CT molecular complexity index is 714. The van der Waals surface area contributed by atoms with Crippen LogP contribution in [0.4, 0.5) is 5.69 Å². The van der Waals surface area contributed by atoms with Crippen LogP contribution in [0.25, 0.3) is 10.8 Å². The first kappa shape index (κ1) is 16.8. The van der Waals surface area contributed by atoms with Gasteiger partial charge in [0.15, 0.2) is 0 Å². The fraction of sp³-hybridized carbons (Fsp3) is 0.571. The summed E-state index contributed by atoms with van der Waals surface area (Å²) >= 11 is 0. The Morgan fingerprint density at radius 1 is 1.16 bits per heavy atom. The molecule has 0 bridgehead atoms. The van der Waals surface area contributed by atoms with Crippen LogP contribution < -0.4 is 10.2 Å². The third-order valence-electron chi connectivity index (χ3n) is 5.90. The van der Waals surface area contributed by atoms with Crippen molar-refractivity contribution in [2.24, 2.45) is 0 Å². The molecule has 4 rings (SSSR count). The standard InChI is InChI=1S/C21H30N4/c1-24(2)13-11-23-18-6-8-19(9-7-18)25-12-10-17-15-22-14-16-4-3-5-20(25)21(16)17/h3-5,14-15,18-19,23H,6-13H2,1-2H3. The first-order chi connectivity index (χ1) is 12.2. The SMILES string of the molecule is CN(C)CCNC1CCC(N2CCc3cncc4cccc2c34)CC1. The molecule has 4 nitrogen and oxygen atoms in total. The molecule has 4 heteroatoms. The summed E-state index contributed by atoms with van der Waals surface area (Å²) < 4.78 is 0. The van der Waals surface area contributed by atoms with Crippen LogP contribution in [-0.4, -0.2) is 55.7 Å². The van der Waals surface area contributed by atoms with Crippen molar-refractivity contribution in [3.8, 4) is 0 Å². The maximum absolute atomic E-state index is 4.42.